The van der Waals surface area contributed by atoms with Crippen LogP contribution in [0.3, 0.4) is 0 Å². The molecule has 0 aliphatic carbocycles. The number of rotatable bonds is 5. The van der Waals surface area contributed by atoms with Crippen molar-refractivity contribution in [3.8, 4) is 11.5 Å². The average Bonchev–Trinajstić information content (AvgIpc) is 2.82. The lowest BCUT2D eigenvalue weighted by Gasteiger charge is -1.99. The van der Waals surface area contributed by atoms with Gasteiger partial charge in [-0.05, 0) is 32.1 Å². The lowest BCUT2D eigenvalue weighted by Crippen LogP contribution is -2.08. The Morgan fingerprint density at radius 3 is 3.00 bits per heavy atom. The Hall–Kier alpha value is -1.46. The third-order valence-electron chi connectivity index (χ3n) is 2.47. The van der Waals surface area contributed by atoms with E-state index in [0.717, 1.165) is 13.0 Å². The molecular formula is C12H13ClFN3O. The second kappa shape index (κ2) is 5.93. The van der Waals surface area contributed by atoms with Crippen LogP contribution in [0.4, 0.5) is 4.39 Å². The van der Waals surface area contributed by atoms with Gasteiger partial charge in [-0.3, -0.25) is 0 Å². The average molecular weight is 270 g/mol. The number of halogens is 2. The number of aromatic nitrogens is 2. The second-order valence-electron chi connectivity index (χ2n) is 3.81. The van der Waals surface area contributed by atoms with Gasteiger partial charge in [0, 0.05) is 6.42 Å². The van der Waals surface area contributed by atoms with E-state index in [4.69, 9.17) is 16.0 Å². The van der Waals surface area contributed by atoms with Crippen molar-refractivity contribution < 1.29 is 8.81 Å². The molecule has 6 heteroatoms. The van der Waals surface area contributed by atoms with Crippen molar-refractivity contribution in [3.05, 3.63) is 34.9 Å². The van der Waals surface area contributed by atoms with Crippen LogP contribution in [0.25, 0.3) is 11.5 Å². The molecule has 0 radical (unpaired) electrons. The quantitative estimate of drug-likeness (QED) is 0.848. The topological polar surface area (TPSA) is 51.0 Å². The highest BCUT2D eigenvalue weighted by Gasteiger charge is 2.14. The molecule has 0 saturated heterocycles. The van der Waals surface area contributed by atoms with Gasteiger partial charge in [0.1, 0.15) is 5.82 Å². The van der Waals surface area contributed by atoms with Crippen LogP contribution >= 0.6 is 11.6 Å². The van der Waals surface area contributed by atoms with E-state index >= 15 is 0 Å². The smallest absolute Gasteiger partial charge is 0.249 e. The summed E-state index contributed by atoms with van der Waals surface area (Å²) in [5.74, 6) is 0.281. The van der Waals surface area contributed by atoms with E-state index in [1.165, 1.54) is 6.07 Å². The monoisotopic (exact) mass is 269 g/mol. The first-order valence-corrected chi connectivity index (χ1v) is 6.01. The zero-order valence-corrected chi connectivity index (χ0v) is 10.7. The summed E-state index contributed by atoms with van der Waals surface area (Å²) < 4.78 is 18.7. The Bertz CT molecular complexity index is 530. The first-order chi connectivity index (χ1) is 8.72. The number of hydrogen-bond acceptors (Lipinski definition) is 4. The molecule has 0 aliphatic heterocycles. The van der Waals surface area contributed by atoms with Gasteiger partial charge in [0.25, 0.3) is 0 Å². The molecule has 1 heterocycles. The maximum absolute atomic E-state index is 13.3. The van der Waals surface area contributed by atoms with E-state index < -0.39 is 5.82 Å². The van der Waals surface area contributed by atoms with Crippen molar-refractivity contribution in [2.45, 2.75) is 12.8 Å². The molecule has 18 heavy (non-hydrogen) atoms. The Balaban J connectivity index is 2.16. The summed E-state index contributed by atoms with van der Waals surface area (Å²) in [6.45, 7) is 0.873. The van der Waals surface area contributed by atoms with Gasteiger partial charge in [0.2, 0.25) is 11.8 Å². The van der Waals surface area contributed by atoms with Gasteiger partial charge in [0.15, 0.2) is 0 Å². The SMILES string of the molecule is CNCCCc1nnc(-c2cccc(F)c2Cl)o1. The van der Waals surface area contributed by atoms with Crippen LogP contribution < -0.4 is 5.32 Å². The van der Waals surface area contributed by atoms with Gasteiger partial charge in [0.05, 0.1) is 10.6 Å². The fourth-order valence-electron chi connectivity index (χ4n) is 1.55. The number of benzene rings is 1. The Morgan fingerprint density at radius 2 is 2.22 bits per heavy atom. The summed E-state index contributed by atoms with van der Waals surface area (Å²) in [5.41, 5.74) is 0.420. The van der Waals surface area contributed by atoms with Crippen molar-refractivity contribution in [3.63, 3.8) is 0 Å². The maximum Gasteiger partial charge on any atom is 0.249 e. The summed E-state index contributed by atoms with van der Waals surface area (Å²) in [6.07, 6.45) is 1.58. The molecule has 4 nitrogen and oxygen atoms in total. The molecule has 0 atom stereocenters. The lowest BCUT2D eigenvalue weighted by molar-refractivity contribution is 0.494. The zero-order valence-electron chi connectivity index (χ0n) is 9.91. The largest absolute Gasteiger partial charge is 0.421 e. The minimum atomic E-state index is -0.496. The van der Waals surface area contributed by atoms with Gasteiger partial charge < -0.3 is 9.73 Å². The maximum atomic E-state index is 13.3. The highest BCUT2D eigenvalue weighted by atomic mass is 35.5. The van der Waals surface area contributed by atoms with E-state index in [2.05, 4.69) is 15.5 Å². The van der Waals surface area contributed by atoms with Crippen molar-refractivity contribution in [1.82, 2.24) is 15.5 Å². The molecule has 1 aromatic heterocycles. The van der Waals surface area contributed by atoms with Crippen molar-refractivity contribution >= 4 is 11.6 Å². The van der Waals surface area contributed by atoms with E-state index in [1.54, 1.807) is 12.1 Å². The summed E-state index contributed by atoms with van der Waals surface area (Å²) in [4.78, 5) is 0. The number of hydrogen-bond donors (Lipinski definition) is 1. The lowest BCUT2D eigenvalue weighted by atomic mass is 10.2. The highest BCUT2D eigenvalue weighted by Crippen LogP contribution is 2.28. The molecule has 1 aromatic carbocycles. The second-order valence-corrected chi connectivity index (χ2v) is 4.19. The van der Waals surface area contributed by atoms with Crippen LogP contribution in [0.5, 0.6) is 0 Å². The number of nitrogens with one attached hydrogen (secondary N) is 1. The molecular weight excluding hydrogens is 257 g/mol. The van der Waals surface area contributed by atoms with E-state index in [9.17, 15) is 4.39 Å². The minimum absolute atomic E-state index is 0.00271. The summed E-state index contributed by atoms with van der Waals surface area (Å²) in [6, 6.07) is 4.49. The molecule has 1 N–H and O–H groups in total. The van der Waals surface area contributed by atoms with Crippen LogP contribution in [-0.4, -0.2) is 23.8 Å². The van der Waals surface area contributed by atoms with Gasteiger partial charge in [-0.1, -0.05) is 17.7 Å². The highest BCUT2D eigenvalue weighted by molar-refractivity contribution is 6.33. The van der Waals surface area contributed by atoms with Crippen LogP contribution in [0, 0.1) is 5.82 Å². The molecule has 96 valence electrons. The van der Waals surface area contributed by atoms with Crippen LogP contribution in [0.1, 0.15) is 12.3 Å². The Labute approximate surface area is 109 Å². The Kier molecular flexibility index (Phi) is 4.28. The normalized spacial score (nSPS) is 10.8. The molecule has 0 aliphatic rings. The standard InChI is InChI=1S/C12H13ClFN3O/c1-15-7-3-6-10-16-17-12(18-10)8-4-2-5-9(14)11(8)13/h2,4-5,15H,3,6-7H2,1H3. The van der Waals surface area contributed by atoms with Crippen molar-refractivity contribution in [2.75, 3.05) is 13.6 Å². The summed E-state index contributed by atoms with van der Waals surface area (Å²) >= 11 is 5.85. The van der Waals surface area contributed by atoms with Crippen molar-refractivity contribution in [2.24, 2.45) is 0 Å². The number of nitrogens with zero attached hydrogens (tertiary/aromatic N) is 2. The predicted octanol–water partition coefficient (Wildman–Crippen LogP) is 2.68. The predicted molar refractivity (Wildman–Crippen MR) is 66.9 cm³/mol. The first-order valence-electron chi connectivity index (χ1n) is 5.63. The van der Waals surface area contributed by atoms with Gasteiger partial charge in [-0.2, -0.15) is 0 Å². The van der Waals surface area contributed by atoms with Crippen LogP contribution in [-0.2, 0) is 6.42 Å². The van der Waals surface area contributed by atoms with E-state index in [-0.39, 0.29) is 10.9 Å². The molecule has 0 unspecified atom stereocenters. The summed E-state index contributed by atoms with van der Waals surface area (Å²) in [7, 11) is 1.88. The van der Waals surface area contributed by atoms with Crippen molar-refractivity contribution in [1.29, 1.82) is 0 Å². The first kappa shape index (κ1) is 13.0. The molecule has 0 fully saturated rings. The molecule has 2 rings (SSSR count). The van der Waals surface area contributed by atoms with E-state index in [1.807, 2.05) is 7.05 Å². The third-order valence-corrected chi connectivity index (χ3v) is 2.85. The molecule has 0 bridgehead atoms. The molecule has 0 saturated carbocycles. The van der Waals surface area contributed by atoms with Gasteiger partial charge in [-0.15, -0.1) is 10.2 Å². The molecule has 2 aromatic rings. The van der Waals surface area contributed by atoms with E-state index in [0.29, 0.717) is 17.9 Å². The Morgan fingerprint density at radius 1 is 1.39 bits per heavy atom. The third kappa shape index (κ3) is 2.86. The summed E-state index contributed by atoms with van der Waals surface area (Å²) in [5, 5.41) is 10.8. The molecule has 0 amide bonds. The van der Waals surface area contributed by atoms with Crippen LogP contribution in [0.15, 0.2) is 22.6 Å². The zero-order chi connectivity index (χ0) is 13.0. The van der Waals surface area contributed by atoms with Gasteiger partial charge in [-0.25, -0.2) is 4.39 Å². The number of aryl methyl sites for hydroxylation is 1. The minimum Gasteiger partial charge on any atom is -0.421 e. The van der Waals surface area contributed by atoms with Gasteiger partial charge >= 0.3 is 0 Å². The fraction of sp³-hybridized carbons (Fsp3) is 0.333. The van der Waals surface area contributed by atoms with Crippen LogP contribution in [0.2, 0.25) is 5.02 Å². The fourth-order valence-corrected chi connectivity index (χ4v) is 1.76. The molecule has 0 spiro atoms.